The average molecular weight is 322 g/mol. The first-order chi connectivity index (χ1) is 10.2. The molecule has 22 heavy (non-hydrogen) atoms. The van der Waals surface area contributed by atoms with E-state index >= 15 is 0 Å². The quantitative estimate of drug-likeness (QED) is 0.851. The Kier molecular flexibility index (Phi) is 4.42. The van der Waals surface area contributed by atoms with E-state index in [0.29, 0.717) is 5.75 Å². The highest BCUT2D eigenvalue weighted by molar-refractivity contribution is 7.90. The van der Waals surface area contributed by atoms with Gasteiger partial charge in [0.25, 0.3) is 5.91 Å². The molecule has 118 valence electrons. The van der Waals surface area contributed by atoms with E-state index in [1.807, 2.05) is 0 Å². The molecule has 0 bridgehead atoms. The molecule has 1 saturated carbocycles. The lowest BCUT2D eigenvalue weighted by Gasteiger charge is -2.22. The van der Waals surface area contributed by atoms with E-state index in [0.717, 1.165) is 19.1 Å². The zero-order chi connectivity index (χ0) is 16.4. The third-order valence-corrected chi connectivity index (χ3v) is 4.74. The van der Waals surface area contributed by atoms with Gasteiger partial charge in [0.15, 0.2) is 16.4 Å². The maximum Gasteiger partial charge on any atom is 0.259 e. The molecule has 1 aliphatic rings. The molecule has 0 radical (unpaired) electrons. The Labute approximate surface area is 130 Å². The van der Waals surface area contributed by atoms with Gasteiger partial charge in [-0.15, -0.1) is 0 Å². The first-order valence-corrected chi connectivity index (χ1v) is 8.79. The summed E-state index contributed by atoms with van der Waals surface area (Å²) in [5.41, 5.74) is -0.866. The lowest BCUT2D eigenvalue weighted by molar-refractivity contribution is -0.124. The number of hydrogen-bond acceptors (Lipinski definition) is 5. The number of nitrogens with zero attached hydrogens (tertiary/aromatic N) is 1. The zero-order valence-corrected chi connectivity index (χ0v) is 13.3. The fraction of sp³-hybridized carbons (Fsp3) is 0.467. The Morgan fingerprint density at radius 2 is 2.18 bits per heavy atom. The predicted octanol–water partition coefficient (Wildman–Crippen LogP) is 1.28. The predicted molar refractivity (Wildman–Crippen MR) is 79.9 cm³/mol. The van der Waals surface area contributed by atoms with Crippen LogP contribution in [0.2, 0.25) is 0 Å². The van der Waals surface area contributed by atoms with Crippen molar-refractivity contribution < 1.29 is 17.9 Å². The van der Waals surface area contributed by atoms with Crippen LogP contribution in [-0.4, -0.2) is 32.7 Å². The molecule has 1 aromatic carbocycles. The van der Waals surface area contributed by atoms with Gasteiger partial charge in [0.2, 0.25) is 0 Å². The Morgan fingerprint density at radius 3 is 2.73 bits per heavy atom. The van der Waals surface area contributed by atoms with E-state index in [4.69, 9.17) is 4.74 Å². The molecule has 1 amide bonds. The Balaban J connectivity index is 1.96. The minimum Gasteiger partial charge on any atom is -0.484 e. The molecule has 1 fully saturated rings. The van der Waals surface area contributed by atoms with E-state index in [1.54, 1.807) is 19.1 Å². The summed E-state index contributed by atoms with van der Waals surface area (Å²) in [5, 5.41) is 11.9. The van der Waals surface area contributed by atoms with Crippen molar-refractivity contribution in [1.82, 2.24) is 5.32 Å². The second-order valence-electron chi connectivity index (χ2n) is 5.67. The summed E-state index contributed by atoms with van der Waals surface area (Å²) in [6.07, 6.45) is 2.97. The highest BCUT2D eigenvalue weighted by atomic mass is 32.2. The lowest BCUT2D eigenvalue weighted by Crippen LogP contribution is -2.48. The van der Waals surface area contributed by atoms with E-state index in [-0.39, 0.29) is 17.4 Å². The highest BCUT2D eigenvalue weighted by Crippen LogP contribution is 2.39. The van der Waals surface area contributed by atoms with Crippen LogP contribution >= 0.6 is 0 Å². The summed E-state index contributed by atoms with van der Waals surface area (Å²) in [5.74, 6) is 0.0823. The summed E-state index contributed by atoms with van der Waals surface area (Å²) < 4.78 is 28.2. The third kappa shape index (κ3) is 3.98. The summed E-state index contributed by atoms with van der Waals surface area (Å²) in [7, 11) is -3.32. The van der Waals surface area contributed by atoms with Crippen molar-refractivity contribution in [1.29, 1.82) is 5.26 Å². The van der Waals surface area contributed by atoms with E-state index < -0.39 is 21.3 Å². The van der Waals surface area contributed by atoms with E-state index in [9.17, 15) is 18.5 Å². The molecule has 1 atom stereocenters. The number of sulfone groups is 1. The molecule has 0 saturated heterocycles. The normalized spacial score (nSPS) is 17.1. The Bertz CT molecular complexity index is 719. The van der Waals surface area contributed by atoms with Crippen LogP contribution in [0, 0.1) is 17.2 Å². The van der Waals surface area contributed by atoms with E-state index in [1.165, 1.54) is 12.1 Å². The number of rotatable bonds is 6. The van der Waals surface area contributed by atoms with Crippen LogP contribution in [0.5, 0.6) is 5.75 Å². The molecule has 1 N–H and O–H groups in total. The van der Waals surface area contributed by atoms with E-state index in [2.05, 4.69) is 11.4 Å². The monoisotopic (exact) mass is 322 g/mol. The van der Waals surface area contributed by atoms with Crippen LogP contribution in [0.1, 0.15) is 19.8 Å². The van der Waals surface area contributed by atoms with Gasteiger partial charge in [-0.2, -0.15) is 5.26 Å². The molecule has 0 aromatic heterocycles. The van der Waals surface area contributed by atoms with Crippen molar-refractivity contribution in [2.75, 3.05) is 12.9 Å². The second-order valence-corrected chi connectivity index (χ2v) is 7.69. The van der Waals surface area contributed by atoms with Gasteiger partial charge in [-0.25, -0.2) is 8.42 Å². The van der Waals surface area contributed by atoms with Gasteiger partial charge in [-0.1, -0.05) is 6.07 Å². The number of ether oxygens (including phenoxy) is 1. The minimum absolute atomic E-state index is 0.130. The van der Waals surface area contributed by atoms with Gasteiger partial charge >= 0.3 is 0 Å². The largest absolute Gasteiger partial charge is 0.484 e. The van der Waals surface area contributed by atoms with Crippen molar-refractivity contribution in [3.63, 3.8) is 0 Å². The summed E-state index contributed by atoms with van der Waals surface area (Å²) in [6, 6.07) is 8.08. The Morgan fingerprint density at radius 1 is 1.50 bits per heavy atom. The third-order valence-electron chi connectivity index (χ3n) is 3.63. The first kappa shape index (κ1) is 16.3. The number of hydrogen-bond donors (Lipinski definition) is 1. The number of nitrogens with one attached hydrogen (secondary N) is 1. The molecule has 1 aliphatic carbocycles. The molecule has 2 rings (SSSR count). The van der Waals surface area contributed by atoms with Gasteiger partial charge in [-0.3, -0.25) is 4.79 Å². The number of carbonyl (C=O) groups is 1. The first-order valence-electron chi connectivity index (χ1n) is 6.90. The van der Waals surface area contributed by atoms with Crippen LogP contribution in [0.15, 0.2) is 29.2 Å². The fourth-order valence-electron chi connectivity index (χ4n) is 2.15. The van der Waals surface area contributed by atoms with Crippen molar-refractivity contribution in [2.24, 2.45) is 5.92 Å². The topological polar surface area (TPSA) is 96.3 Å². The Hall–Kier alpha value is -2.07. The highest BCUT2D eigenvalue weighted by Gasteiger charge is 2.43. The molecule has 0 heterocycles. The number of benzene rings is 1. The molecular formula is C15H18N2O4S. The van der Waals surface area contributed by atoms with Crippen LogP contribution in [0.3, 0.4) is 0 Å². The van der Waals surface area contributed by atoms with Crippen molar-refractivity contribution in [2.45, 2.75) is 30.2 Å². The fourth-order valence-corrected chi connectivity index (χ4v) is 2.81. The van der Waals surface area contributed by atoms with Crippen molar-refractivity contribution >= 4 is 15.7 Å². The number of carbonyl (C=O) groups excluding carboxylic acids is 1. The van der Waals surface area contributed by atoms with Crippen LogP contribution in [0.25, 0.3) is 0 Å². The standard InChI is InChI=1S/C15H18N2O4S/c1-15(10-16,11-6-7-11)17-14(18)9-21-12-4-3-5-13(8-12)22(2,19)20/h3-5,8,11H,6-7,9H2,1-2H3,(H,17,18). The summed E-state index contributed by atoms with van der Waals surface area (Å²) in [4.78, 5) is 12.0. The molecular weight excluding hydrogens is 304 g/mol. The molecule has 0 spiro atoms. The zero-order valence-electron chi connectivity index (χ0n) is 12.5. The molecule has 6 nitrogen and oxygen atoms in total. The average Bonchev–Trinajstić information content (AvgIpc) is 3.29. The molecule has 1 aromatic rings. The second kappa shape index (κ2) is 5.97. The summed E-state index contributed by atoms with van der Waals surface area (Å²) >= 11 is 0. The number of nitriles is 1. The van der Waals surface area contributed by atoms with Crippen LogP contribution in [-0.2, 0) is 14.6 Å². The van der Waals surface area contributed by atoms with Crippen molar-refractivity contribution in [3.05, 3.63) is 24.3 Å². The van der Waals surface area contributed by atoms with Gasteiger partial charge in [0.05, 0.1) is 11.0 Å². The van der Waals surface area contributed by atoms with Gasteiger partial charge in [0.1, 0.15) is 11.3 Å². The maximum atomic E-state index is 11.9. The molecule has 1 unspecified atom stereocenters. The van der Waals surface area contributed by atoms with Gasteiger partial charge < -0.3 is 10.1 Å². The van der Waals surface area contributed by atoms with Gasteiger partial charge in [0, 0.05) is 6.26 Å². The van der Waals surface area contributed by atoms with Crippen LogP contribution < -0.4 is 10.1 Å². The molecule has 7 heteroatoms. The smallest absolute Gasteiger partial charge is 0.259 e. The van der Waals surface area contributed by atoms with Crippen LogP contribution in [0.4, 0.5) is 0 Å². The SMILES string of the molecule is CC(C#N)(NC(=O)COc1cccc(S(C)(=O)=O)c1)C1CC1. The maximum absolute atomic E-state index is 11.9. The molecule has 0 aliphatic heterocycles. The summed E-state index contributed by atoms with van der Waals surface area (Å²) in [6.45, 7) is 1.43. The minimum atomic E-state index is -3.32. The van der Waals surface area contributed by atoms with Crippen molar-refractivity contribution in [3.8, 4) is 11.8 Å². The lowest BCUT2D eigenvalue weighted by atomic mass is 9.98. The number of amides is 1. The van der Waals surface area contributed by atoms with Gasteiger partial charge in [-0.05, 0) is 43.9 Å².